The number of aromatic nitrogens is 2. The molecule has 0 saturated carbocycles. The number of aryl methyl sites for hydroxylation is 1. The zero-order valence-electron chi connectivity index (χ0n) is 17.0. The van der Waals surface area contributed by atoms with Crippen LogP contribution >= 0.6 is 0 Å². The Balaban J connectivity index is 1.55. The van der Waals surface area contributed by atoms with Crippen molar-refractivity contribution in [2.45, 2.75) is 19.5 Å². The highest BCUT2D eigenvalue weighted by Gasteiger charge is 2.50. The van der Waals surface area contributed by atoms with Gasteiger partial charge >= 0.3 is 6.03 Å². The fraction of sp³-hybridized carbons (Fsp3) is 0.476. The predicted molar refractivity (Wildman–Crippen MR) is 105 cm³/mol. The SMILES string of the molecule is Cc1cnn(CC(=O)N2C[C@@H]3CN(C(=O)N(C)C)[C@@H](c4cccc(F)c4)[C@@H]3C2)c1. The Morgan fingerprint density at radius 2 is 2.03 bits per heavy atom. The van der Waals surface area contributed by atoms with Crippen molar-refractivity contribution in [3.63, 3.8) is 0 Å². The fourth-order valence-corrected chi connectivity index (χ4v) is 4.61. The highest BCUT2D eigenvalue weighted by atomic mass is 19.1. The number of rotatable bonds is 3. The number of carbonyl (C=O) groups is 2. The molecule has 0 radical (unpaired) electrons. The van der Waals surface area contributed by atoms with Crippen LogP contribution in [-0.4, -0.2) is 70.1 Å². The molecular weight excluding hydrogens is 373 g/mol. The second kappa shape index (κ2) is 7.50. The summed E-state index contributed by atoms with van der Waals surface area (Å²) in [5.41, 5.74) is 1.80. The molecule has 3 heterocycles. The van der Waals surface area contributed by atoms with E-state index in [9.17, 15) is 14.0 Å². The second-order valence-corrected chi connectivity index (χ2v) is 8.27. The minimum atomic E-state index is -0.316. The topological polar surface area (TPSA) is 61.7 Å². The molecule has 0 unspecified atom stereocenters. The van der Waals surface area contributed by atoms with Gasteiger partial charge < -0.3 is 14.7 Å². The molecule has 2 aromatic rings. The number of fused-ring (bicyclic) bond motifs is 1. The van der Waals surface area contributed by atoms with E-state index in [1.54, 1.807) is 35.9 Å². The third-order valence-electron chi connectivity index (χ3n) is 5.89. The summed E-state index contributed by atoms with van der Waals surface area (Å²) in [6, 6.07) is 6.12. The molecule has 7 nitrogen and oxygen atoms in total. The summed E-state index contributed by atoms with van der Waals surface area (Å²) in [6.45, 7) is 3.87. The number of hydrogen-bond acceptors (Lipinski definition) is 3. The summed E-state index contributed by atoms with van der Waals surface area (Å²) >= 11 is 0. The highest BCUT2D eigenvalue weighted by Crippen LogP contribution is 2.45. The van der Waals surface area contributed by atoms with Crippen molar-refractivity contribution in [2.75, 3.05) is 33.7 Å². The number of carbonyl (C=O) groups excluding carboxylic acids is 2. The van der Waals surface area contributed by atoms with E-state index in [4.69, 9.17) is 0 Å². The van der Waals surface area contributed by atoms with Gasteiger partial charge in [0.25, 0.3) is 0 Å². The number of benzene rings is 1. The van der Waals surface area contributed by atoms with Gasteiger partial charge in [-0.3, -0.25) is 9.48 Å². The zero-order chi connectivity index (χ0) is 20.7. The number of nitrogens with zero attached hydrogens (tertiary/aromatic N) is 5. The van der Waals surface area contributed by atoms with Crippen LogP contribution in [0.3, 0.4) is 0 Å². The number of likely N-dealkylation sites (tertiary alicyclic amines) is 2. The van der Waals surface area contributed by atoms with Gasteiger partial charge in [-0.25, -0.2) is 9.18 Å². The van der Waals surface area contributed by atoms with Crippen molar-refractivity contribution in [1.82, 2.24) is 24.5 Å². The lowest BCUT2D eigenvalue weighted by Gasteiger charge is -2.32. The van der Waals surface area contributed by atoms with Crippen LogP contribution in [0.15, 0.2) is 36.7 Å². The first-order chi connectivity index (χ1) is 13.8. The summed E-state index contributed by atoms with van der Waals surface area (Å²) in [4.78, 5) is 30.8. The minimum Gasteiger partial charge on any atom is -0.340 e. The second-order valence-electron chi connectivity index (χ2n) is 8.27. The molecule has 2 fully saturated rings. The smallest absolute Gasteiger partial charge is 0.320 e. The van der Waals surface area contributed by atoms with Gasteiger partial charge in [-0.05, 0) is 30.2 Å². The molecule has 4 rings (SSSR count). The Kier molecular flexibility index (Phi) is 5.02. The van der Waals surface area contributed by atoms with E-state index in [0.717, 1.165) is 11.1 Å². The Hall–Kier alpha value is -2.90. The molecule has 8 heteroatoms. The normalized spacial score (nSPS) is 23.4. The van der Waals surface area contributed by atoms with E-state index in [1.165, 1.54) is 12.1 Å². The third-order valence-corrected chi connectivity index (χ3v) is 5.89. The fourth-order valence-electron chi connectivity index (χ4n) is 4.61. The van der Waals surface area contributed by atoms with Crippen molar-refractivity contribution in [2.24, 2.45) is 11.8 Å². The van der Waals surface area contributed by atoms with Crippen molar-refractivity contribution >= 4 is 11.9 Å². The van der Waals surface area contributed by atoms with Crippen LogP contribution in [0.25, 0.3) is 0 Å². The van der Waals surface area contributed by atoms with E-state index >= 15 is 0 Å². The summed E-state index contributed by atoms with van der Waals surface area (Å²) in [5.74, 6) is -0.0337. The standard InChI is InChI=1S/C21H26FN5O2/c1-14-8-23-26(9-14)13-19(28)25-10-16-11-27(21(29)24(2)3)20(18(16)12-25)15-5-4-6-17(22)7-15/h4-9,16,18,20H,10-13H2,1-3H3/t16-,18-,20+/m1/s1. The molecule has 2 saturated heterocycles. The van der Waals surface area contributed by atoms with Crippen LogP contribution in [0.4, 0.5) is 9.18 Å². The number of hydrogen-bond donors (Lipinski definition) is 0. The molecule has 2 aliphatic heterocycles. The van der Waals surface area contributed by atoms with Gasteiger partial charge in [0.05, 0.1) is 12.2 Å². The van der Waals surface area contributed by atoms with Crippen LogP contribution in [0.1, 0.15) is 17.2 Å². The quantitative estimate of drug-likeness (QED) is 0.795. The molecule has 0 spiro atoms. The lowest BCUT2D eigenvalue weighted by molar-refractivity contribution is -0.131. The van der Waals surface area contributed by atoms with Crippen molar-refractivity contribution in [1.29, 1.82) is 0 Å². The Morgan fingerprint density at radius 3 is 2.69 bits per heavy atom. The maximum absolute atomic E-state index is 13.9. The van der Waals surface area contributed by atoms with Gasteiger partial charge in [0.15, 0.2) is 0 Å². The molecule has 1 aromatic heterocycles. The first-order valence-electron chi connectivity index (χ1n) is 9.83. The third kappa shape index (κ3) is 3.71. The van der Waals surface area contributed by atoms with Crippen LogP contribution < -0.4 is 0 Å². The van der Waals surface area contributed by atoms with Gasteiger partial charge in [-0.1, -0.05) is 12.1 Å². The monoisotopic (exact) mass is 399 g/mol. The van der Waals surface area contributed by atoms with Gasteiger partial charge in [0.2, 0.25) is 5.91 Å². The van der Waals surface area contributed by atoms with Gasteiger partial charge in [0, 0.05) is 51.8 Å². The maximum atomic E-state index is 13.9. The number of urea groups is 1. The van der Waals surface area contributed by atoms with Crippen LogP contribution in [0.2, 0.25) is 0 Å². The molecular formula is C21H26FN5O2. The lowest BCUT2D eigenvalue weighted by Crippen LogP contribution is -2.42. The molecule has 29 heavy (non-hydrogen) atoms. The Labute approximate surface area is 169 Å². The summed E-state index contributed by atoms with van der Waals surface area (Å²) < 4.78 is 15.6. The molecule has 1 aromatic carbocycles. The molecule has 3 atom stereocenters. The molecule has 2 aliphatic rings. The van der Waals surface area contributed by atoms with Gasteiger partial charge in [-0.2, -0.15) is 5.10 Å². The average molecular weight is 399 g/mol. The average Bonchev–Trinajstić information content (AvgIpc) is 3.34. The van der Waals surface area contributed by atoms with Crippen LogP contribution in [0, 0.1) is 24.6 Å². The lowest BCUT2D eigenvalue weighted by atomic mass is 9.89. The van der Waals surface area contributed by atoms with Gasteiger partial charge in [0.1, 0.15) is 12.4 Å². The Morgan fingerprint density at radius 1 is 1.24 bits per heavy atom. The van der Waals surface area contributed by atoms with Crippen molar-refractivity contribution < 1.29 is 14.0 Å². The highest BCUT2D eigenvalue weighted by molar-refractivity contribution is 5.77. The largest absolute Gasteiger partial charge is 0.340 e. The Bertz CT molecular complexity index is 927. The van der Waals surface area contributed by atoms with Gasteiger partial charge in [-0.15, -0.1) is 0 Å². The first-order valence-corrected chi connectivity index (χ1v) is 9.83. The zero-order valence-corrected chi connectivity index (χ0v) is 17.0. The molecule has 0 bridgehead atoms. The van der Waals surface area contributed by atoms with E-state index in [-0.39, 0.29) is 42.2 Å². The maximum Gasteiger partial charge on any atom is 0.320 e. The summed E-state index contributed by atoms with van der Waals surface area (Å²) in [7, 11) is 3.45. The van der Waals surface area contributed by atoms with E-state index < -0.39 is 0 Å². The molecule has 3 amide bonds. The molecule has 0 aliphatic carbocycles. The van der Waals surface area contributed by atoms with E-state index in [2.05, 4.69) is 5.10 Å². The summed E-state index contributed by atoms with van der Waals surface area (Å²) in [6.07, 6.45) is 3.58. The molecule has 154 valence electrons. The minimum absolute atomic E-state index is 0.0194. The van der Waals surface area contributed by atoms with Crippen LogP contribution in [-0.2, 0) is 11.3 Å². The van der Waals surface area contributed by atoms with Crippen molar-refractivity contribution in [3.05, 3.63) is 53.6 Å². The number of halogens is 1. The van der Waals surface area contributed by atoms with Crippen molar-refractivity contribution in [3.8, 4) is 0 Å². The summed E-state index contributed by atoms with van der Waals surface area (Å²) in [5, 5.41) is 4.20. The first kappa shape index (κ1) is 19.4. The molecule has 0 N–H and O–H groups in total. The van der Waals surface area contributed by atoms with Crippen LogP contribution in [0.5, 0.6) is 0 Å². The predicted octanol–water partition coefficient (Wildman–Crippen LogP) is 2.14. The number of amides is 3. The van der Waals surface area contributed by atoms with E-state index in [1.807, 2.05) is 29.0 Å². The van der Waals surface area contributed by atoms with E-state index in [0.29, 0.717) is 19.6 Å².